The summed E-state index contributed by atoms with van der Waals surface area (Å²) in [5, 5.41) is 0. The zero-order valence-electron chi connectivity index (χ0n) is 9.70. The van der Waals surface area contributed by atoms with Crippen LogP contribution < -0.4 is 5.73 Å². The predicted molar refractivity (Wildman–Crippen MR) is 75.0 cm³/mol. The van der Waals surface area contributed by atoms with E-state index in [1.165, 1.54) is 18.2 Å². The molecule has 1 unspecified atom stereocenters. The molecule has 0 fully saturated rings. The number of nitrogens with two attached hydrogens (primary N) is 1. The Morgan fingerprint density at radius 2 is 1.84 bits per heavy atom. The van der Waals surface area contributed by atoms with Crippen molar-refractivity contribution in [3.63, 3.8) is 0 Å². The molecule has 0 aliphatic carbocycles. The Morgan fingerprint density at radius 1 is 1.11 bits per heavy atom. The molecular weight excluding hydrogens is 336 g/mol. The van der Waals surface area contributed by atoms with Crippen LogP contribution in [0.1, 0.15) is 5.56 Å². The summed E-state index contributed by atoms with van der Waals surface area (Å²) in [6, 6.07) is 8.45. The van der Waals surface area contributed by atoms with Gasteiger partial charge >= 0.3 is 0 Å². The molecule has 2 N–H and O–H groups in total. The number of rotatable bonds is 3. The maximum atomic E-state index is 13.6. The molecule has 2 nitrogen and oxygen atoms in total. The van der Waals surface area contributed by atoms with Crippen LogP contribution in [0.3, 0.4) is 0 Å². The molecule has 2 aromatic rings. The van der Waals surface area contributed by atoms with Crippen molar-refractivity contribution in [2.45, 2.75) is 10.6 Å². The molecule has 0 heterocycles. The average molecular weight is 346 g/mol. The highest BCUT2D eigenvalue weighted by atomic mass is 79.9. The Labute approximate surface area is 120 Å². The fraction of sp³-hybridized carbons (Fsp3) is 0.0769. The summed E-state index contributed by atoms with van der Waals surface area (Å²) < 4.78 is 39.5. The normalized spacial score (nSPS) is 12.4. The predicted octanol–water partition coefficient (Wildman–Crippen LogP) is 3.62. The van der Waals surface area contributed by atoms with Crippen molar-refractivity contribution >= 4 is 32.4 Å². The lowest BCUT2D eigenvalue weighted by Crippen LogP contribution is -2.00. The molecule has 0 amide bonds. The minimum Gasteiger partial charge on any atom is -0.396 e. The van der Waals surface area contributed by atoms with Gasteiger partial charge < -0.3 is 5.73 Å². The van der Waals surface area contributed by atoms with E-state index in [0.29, 0.717) is 10.0 Å². The maximum absolute atomic E-state index is 13.6. The Hall–Kier alpha value is -1.27. The monoisotopic (exact) mass is 345 g/mol. The summed E-state index contributed by atoms with van der Waals surface area (Å²) in [7, 11) is -1.52. The Kier molecular flexibility index (Phi) is 4.31. The largest absolute Gasteiger partial charge is 0.396 e. The number of halogens is 3. The highest BCUT2D eigenvalue weighted by Gasteiger charge is 2.11. The van der Waals surface area contributed by atoms with Gasteiger partial charge in [-0.1, -0.05) is 22.0 Å². The van der Waals surface area contributed by atoms with Gasteiger partial charge in [0, 0.05) is 14.9 Å². The number of hydrogen-bond donors (Lipinski definition) is 1. The molecule has 0 aliphatic heterocycles. The van der Waals surface area contributed by atoms with Gasteiger partial charge in [-0.2, -0.15) is 0 Å². The quantitative estimate of drug-likeness (QED) is 0.863. The second kappa shape index (κ2) is 5.79. The Balaban J connectivity index is 2.23. The minimum absolute atomic E-state index is 0.00410. The van der Waals surface area contributed by atoms with E-state index in [1.54, 1.807) is 12.1 Å². The molecule has 2 rings (SSSR count). The van der Waals surface area contributed by atoms with E-state index >= 15 is 0 Å². The van der Waals surface area contributed by atoms with Crippen LogP contribution in [0.15, 0.2) is 45.8 Å². The lowest BCUT2D eigenvalue weighted by atomic mass is 10.2. The molecule has 6 heteroatoms. The van der Waals surface area contributed by atoms with Gasteiger partial charge in [0.2, 0.25) is 0 Å². The molecule has 0 saturated heterocycles. The van der Waals surface area contributed by atoms with Crippen molar-refractivity contribution in [1.82, 2.24) is 0 Å². The third-order valence-electron chi connectivity index (χ3n) is 2.54. The first-order valence-electron chi connectivity index (χ1n) is 5.34. The van der Waals surface area contributed by atoms with E-state index in [4.69, 9.17) is 5.73 Å². The van der Waals surface area contributed by atoms with E-state index in [-0.39, 0.29) is 16.3 Å². The van der Waals surface area contributed by atoms with E-state index in [1.807, 2.05) is 0 Å². The Bertz CT molecular complexity index is 649. The summed E-state index contributed by atoms with van der Waals surface area (Å²) in [6.07, 6.45) is 0. The van der Waals surface area contributed by atoms with Gasteiger partial charge in [-0.05, 0) is 30.3 Å². The molecule has 0 aliphatic rings. The van der Waals surface area contributed by atoms with Crippen LogP contribution in [0.2, 0.25) is 0 Å². The molecule has 0 saturated carbocycles. The first-order valence-corrected chi connectivity index (χ1v) is 7.46. The zero-order chi connectivity index (χ0) is 14.0. The van der Waals surface area contributed by atoms with Gasteiger partial charge in [0.25, 0.3) is 0 Å². The van der Waals surface area contributed by atoms with Crippen molar-refractivity contribution in [3.05, 3.63) is 58.1 Å². The Morgan fingerprint density at radius 3 is 2.47 bits per heavy atom. The van der Waals surface area contributed by atoms with Crippen molar-refractivity contribution in [2.24, 2.45) is 0 Å². The molecule has 0 radical (unpaired) electrons. The second-order valence-corrected chi connectivity index (χ2v) is 6.28. The minimum atomic E-state index is -1.52. The van der Waals surface area contributed by atoms with Crippen LogP contribution in [0, 0.1) is 11.6 Å². The van der Waals surface area contributed by atoms with E-state index < -0.39 is 22.4 Å². The van der Waals surface area contributed by atoms with Gasteiger partial charge in [-0.3, -0.25) is 4.21 Å². The summed E-state index contributed by atoms with van der Waals surface area (Å²) in [5.41, 5.74) is 5.66. The molecule has 2 aromatic carbocycles. The molecule has 0 bridgehead atoms. The molecule has 100 valence electrons. The second-order valence-electron chi connectivity index (χ2n) is 3.91. The van der Waals surface area contributed by atoms with Crippen LogP contribution in [-0.4, -0.2) is 4.21 Å². The van der Waals surface area contributed by atoms with Crippen molar-refractivity contribution in [3.8, 4) is 0 Å². The first-order chi connectivity index (χ1) is 8.97. The highest BCUT2D eigenvalue weighted by Crippen LogP contribution is 2.20. The zero-order valence-corrected chi connectivity index (χ0v) is 12.1. The fourth-order valence-electron chi connectivity index (χ4n) is 1.51. The van der Waals surface area contributed by atoms with E-state index in [9.17, 15) is 13.0 Å². The van der Waals surface area contributed by atoms with Gasteiger partial charge in [0.15, 0.2) is 0 Å². The first kappa shape index (κ1) is 14.1. The topological polar surface area (TPSA) is 43.1 Å². The number of nitrogen functional groups attached to an aromatic ring is 1. The van der Waals surface area contributed by atoms with Crippen LogP contribution in [0.4, 0.5) is 14.5 Å². The van der Waals surface area contributed by atoms with E-state index in [0.717, 1.165) is 6.07 Å². The van der Waals surface area contributed by atoms with Crippen molar-refractivity contribution < 1.29 is 13.0 Å². The van der Waals surface area contributed by atoms with Gasteiger partial charge in [0.05, 0.1) is 22.2 Å². The molecular formula is C13H10BrF2NOS. The molecule has 19 heavy (non-hydrogen) atoms. The third kappa shape index (κ3) is 3.39. The fourth-order valence-corrected chi connectivity index (χ4v) is 2.98. The average Bonchev–Trinajstić information content (AvgIpc) is 2.36. The van der Waals surface area contributed by atoms with Gasteiger partial charge in [-0.25, -0.2) is 8.78 Å². The van der Waals surface area contributed by atoms with Gasteiger partial charge in [0.1, 0.15) is 11.6 Å². The van der Waals surface area contributed by atoms with Crippen LogP contribution in [-0.2, 0) is 16.6 Å². The summed E-state index contributed by atoms with van der Waals surface area (Å²) in [4.78, 5) is 0.286. The molecule has 0 aromatic heterocycles. The van der Waals surface area contributed by atoms with Crippen LogP contribution in [0.25, 0.3) is 0 Å². The summed E-state index contributed by atoms with van der Waals surface area (Å²) in [6.45, 7) is 0. The van der Waals surface area contributed by atoms with E-state index in [2.05, 4.69) is 15.9 Å². The summed E-state index contributed by atoms with van der Waals surface area (Å²) in [5.74, 6) is -1.08. The number of anilines is 1. The maximum Gasteiger partial charge on any atom is 0.147 e. The van der Waals surface area contributed by atoms with Crippen molar-refractivity contribution in [2.75, 3.05) is 5.73 Å². The smallest absolute Gasteiger partial charge is 0.147 e. The van der Waals surface area contributed by atoms with Crippen LogP contribution in [0.5, 0.6) is 0 Å². The SMILES string of the molecule is Nc1ccc(S(=O)Cc2ccc(Br)cc2F)cc1F. The summed E-state index contributed by atoms with van der Waals surface area (Å²) >= 11 is 3.15. The van der Waals surface area contributed by atoms with Crippen molar-refractivity contribution in [1.29, 1.82) is 0 Å². The third-order valence-corrected chi connectivity index (χ3v) is 4.38. The lowest BCUT2D eigenvalue weighted by molar-refractivity contribution is 0.614. The highest BCUT2D eigenvalue weighted by molar-refractivity contribution is 9.10. The molecule has 0 spiro atoms. The lowest BCUT2D eigenvalue weighted by Gasteiger charge is -2.05. The molecule has 1 atom stereocenters. The number of benzene rings is 2. The number of hydrogen-bond acceptors (Lipinski definition) is 2. The van der Waals surface area contributed by atoms with Crippen LogP contribution >= 0.6 is 15.9 Å². The standard InChI is InChI=1S/C13H10BrF2NOS/c14-9-2-1-8(11(15)5-9)7-19(18)10-3-4-13(17)12(16)6-10/h1-6H,7,17H2. The van der Waals surface area contributed by atoms with Gasteiger partial charge in [-0.15, -0.1) is 0 Å².